The number of rotatable bonds is 6. The summed E-state index contributed by atoms with van der Waals surface area (Å²) in [4.78, 5) is 5.15. The topological polar surface area (TPSA) is 15.7 Å². The second-order valence-corrected chi connectivity index (χ2v) is 5.20. The van der Waals surface area contributed by atoms with Crippen molar-refractivity contribution < 1.29 is 4.74 Å². The molecule has 1 saturated heterocycles. The summed E-state index contributed by atoms with van der Waals surface area (Å²) in [7, 11) is 0. The van der Waals surface area contributed by atoms with Gasteiger partial charge in [-0.2, -0.15) is 0 Å². The van der Waals surface area contributed by atoms with Gasteiger partial charge in [0.15, 0.2) is 0 Å². The summed E-state index contributed by atoms with van der Waals surface area (Å²) in [6.45, 7) is 7.72. The zero-order valence-corrected chi connectivity index (χ0v) is 10.9. The second kappa shape index (κ2) is 6.18. The van der Waals surface area contributed by atoms with Crippen molar-refractivity contribution in [3.05, 3.63) is 0 Å². The van der Waals surface area contributed by atoms with Crippen molar-refractivity contribution in [3.63, 3.8) is 0 Å². The van der Waals surface area contributed by atoms with Crippen LogP contribution in [-0.2, 0) is 4.74 Å². The van der Waals surface area contributed by atoms with Crippen molar-refractivity contribution in [1.82, 2.24) is 9.80 Å². The highest BCUT2D eigenvalue weighted by molar-refractivity contribution is 9.09. The number of morpholine rings is 1. The fraction of sp³-hybridized carbons (Fsp3) is 1.00. The Morgan fingerprint density at radius 1 is 1.20 bits per heavy atom. The smallest absolute Gasteiger partial charge is 0.0594 e. The lowest BCUT2D eigenvalue weighted by molar-refractivity contribution is 0.0333. The minimum absolute atomic E-state index is 0.892. The number of hydrogen-bond donors (Lipinski definition) is 0. The van der Waals surface area contributed by atoms with Crippen LogP contribution in [0.1, 0.15) is 12.8 Å². The van der Waals surface area contributed by atoms with Gasteiger partial charge < -0.3 is 4.74 Å². The van der Waals surface area contributed by atoms with Gasteiger partial charge >= 0.3 is 0 Å². The summed E-state index contributed by atoms with van der Waals surface area (Å²) in [5, 5.41) is 1.10. The predicted octanol–water partition coefficient (Wildman–Crippen LogP) is 1.18. The molecule has 0 aromatic heterocycles. The molecule has 0 aromatic carbocycles. The highest BCUT2D eigenvalue weighted by Gasteiger charge is 2.28. The second-order valence-electron chi connectivity index (χ2n) is 4.41. The van der Waals surface area contributed by atoms with Crippen LogP contribution in [0.15, 0.2) is 0 Å². The van der Waals surface area contributed by atoms with E-state index in [4.69, 9.17) is 4.74 Å². The Bertz CT molecular complexity index is 181. The number of halogens is 1. The van der Waals surface area contributed by atoms with Crippen LogP contribution in [0.3, 0.4) is 0 Å². The van der Waals surface area contributed by atoms with Crippen molar-refractivity contribution in [2.75, 3.05) is 51.3 Å². The molecule has 0 bridgehead atoms. The molecular formula is C11H21BrN2O. The number of alkyl halides is 1. The average Bonchev–Trinajstić information content (AvgIpc) is 3.09. The molecule has 1 aliphatic heterocycles. The van der Waals surface area contributed by atoms with E-state index in [0.717, 1.165) is 37.7 Å². The highest BCUT2D eigenvalue weighted by Crippen LogP contribution is 2.26. The number of ether oxygens (including phenoxy) is 1. The van der Waals surface area contributed by atoms with Crippen LogP contribution in [0.5, 0.6) is 0 Å². The zero-order valence-electron chi connectivity index (χ0n) is 9.33. The summed E-state index contributed by atoms with van der Waals surface area (Å²) >= 11 is 3.54. The summed E-state index contributed by atoms with van der Waals surface area (Å²) in [6.07, 6.45) is 2.83. The fourth-order valence-electron chi connectivity index (χ4n) is 2.12. The number of nitrogens with zero attached hydrogens (tertiary/aromatic N) is 2. The first-order valence-electron chi connectivity index (χ1n) is 6.00. The molecular weight excluding hydrogens is 256 g/mol. The maximum Gasteiger partial charge on any atom is 0.0594 e. The monoisotopic (exact) mass is 276 g/mol. The van der Waals surface area contributed by atoms with E-state index in [9.17, 15) is 0 Å². The quantitative estimate of drug-likeness (QED) is 0.678. The minimum Gasteiger partial charge on any atom is -0.379 e. The van der Waals surface area contributed by atoms with Crippen molar-refractivity contribution in [2.24, 2.45) is 0 Å². The molecule has 0 spiro atoms. The Morgan fingerprint density at radius 3 is 2.53 bits per heavy atom. The Labute approximate surface area is 101 Å². The Kier molecular flexibility index (Phi) is 4.88. The molecule has 0 N–H and O–H groups in total. The van der Waals surface area contributed by atoms with Crippen LogP contribution in [0, 0.1) is 0 Å². The maximum atomic E-state index is 5.35. The van der Waals surface area contributed by atoms with Gasteiger partial charge in [-0.05, 0) is 12.8 Å². The maximum absolute atomic E-state index is 5.35. The summed E-state index contributed by atoms with van der Waals surface area (Å²) in [6, 6.07) is 0.892. The molecule has 1 saturated carbocycles. The molecule has 0 radical (unpaired) electrons. The first-order chi connectivity index (χ1) is 7.40. The van der Waals surface area contributed by atoms with Crippen LogP contribution >= 0.6 is 15.9 Å². The van der Waals surface area contributed by atoms with Crippen LogP contribution in [0.25, 0.3) is 0 Å². The molecule has 0 aromatic rings. The molecule has 0 unspecified atom stereocenters. The lowest BCUT2D eigenvalue weighted by atomic mass is 10.4. The standard InChI is InChI=1S/C11H21BrN2O/c12-3-4-14(11-1-2-11)6-5-13-7-9-15-10-8-13/h11H,1-10H2. The van der Waals surface area contributed by atoms with Crippen molar-refractivity contribution >= 4 is 15.9 Å². The molecule has 3 nitrogen and oxygen atoms in total. The van der Waals surface area contributed by atoms with E-state index in [-0.39, 0.29) is 0 Å². The molecule has 0 atom stereocenters. The zero-order chi connectivity index (χ0) is 10.5. The van der Waals surface area contributed by atoms with Gasteiger partial charge in [-0.3, -0.25) is 9.80 Å². The molecule has 88 valence electrons. The van der Waals surface area contributed by atoms with Gasteiger partial charge in [0.2, 0.25) is 0 Å². The molecule has 2 rings (SSSR count). The van der Waals surface area contributed by atoms with E-state index in [1.165, 1.54) is 32.5 Å². The highest BCUT2D eigenvalue weighted by atomic mass is 79.9. The summed E-state index contributed by atoms with van der Waals surface area (Å²) in [5.41, 5.74) is 0. The van der Waals surface area contributed by atoms with Gasteiger partial charge in [0.1, 0.15) is 0 Å². The molecule has 1 heterocycles. The largest absolute Gasteiger partial charge is 0.379 e. The van der Waals surface area contributed by atoms with Gasteiger partial charge in [-0.15, -0.1) is 0 Å². The summed E-state index contributed by atoms with van der Waals surface area (Å²) in [5.74, 6) is 0. The predicted molar refractivity (Wildman–Crippen MR) is 65.6 cm³/mol. The minimum atomic E-state index is 0.892. The van der Waals surface area contributed by atoms with Crippen LogP contribution in [0.4, 0.5) is 0 Å². The first kappa shape index (κ1) is 11.8. The van der Waals surface area contributed by atoms with Gasteiger partial charge in [-0.1, -0.05) is 15.9 Å². The normalized spacial score (nSPS) is 23.6. The van der Waals surface area contributed by atoms with E-state index in [1.54, 1.807) is 0 Å². The van der Waals surface area contributed by atoms with Gasteiger partial charge in [0.05, 0.1) is 13.2 Å². The summed E-state index contributed by atoms with van der Waals surface area (Å²) < 4.78 is 5.35. The van der Waals surface area contributed by atoms with Crippen molar-refractivity contribution in [1.29, 1.82) is 0 Å². The Balaban J connectivity index is 1.65. The lowest BCUT2D eigenvalue weighted by Gasteiger charge is -2.29. The molecule has 1 aliphatic carbocycles. The van der Waals surface area contributed by atoms with Crippen molar-refractivity contribution in [2.45, 2.75) is 18.9 Å². The van der Waals surface area contributed by atoms with Gasteiger partial charge in [0, 0.05) is 44.1 Å². The van der Waals surface area contributed by atoms with E-state index < -0.39 is 0 Å². The van der Waals surface area contributed by atoms with Crippen LogP contribution < -0.4 is 0 Å². The van der Waals surface area contributed by atoms with Gasteiger partial charge in [-0.25, -0.2) is 0 Å². The molecule has 15 heavy (non-hydrogen) atoms. The first-order valence-corrected chi connectivity index (χ1v) is 7.12. The van der Waals surface area contributed by atoms with Crippen LogP contribution in [0.2, 0.25) is 0 Å². The third-order valence-electron chi connectivity index (χ3n) is 3.24. The third kappa shape index (κ3) is 4.02. The van der Waals surface area contributed by atoms with Crippen LogP contribution in [-0.4, -0.2) is 67.1 Å². The van der Waals surface area contributed by atoms with E-state index in [2.05, 4.69) is 25.7 Å². The van der Waals surface area contributed by atoms with E-state index >= 15 is 0 Å². The lowest BCUT2D eigenvalue weighted by Crippen LogP contribution is -2.42. The molecule has 2 fully saturated rings. The molecule has 2 aliphatic rings. The van der Waals surface area contributed by atoms with Gasteiger partial charge in [0.25, 0.3) is 0 Å². The Hall–Kier alpha value is 0.360. The average molecular weight is 277 g/mol. The SMILES string of the molecule is BrCCN(CCN1CCOCC1)C1CC1. The Morgan fingerprint density at radius 2 is 1.93 bits per heavy atom. The fourth-order valence-corrected chi connectivity index (χ4v) is 2.58. The van der Waals surface area contributed by atoms with E-state index in [0.29, 0.717) is 0 Å². The third-order valence-corrected chi connectivity index (χ3v) is 3.60. The number of hydrogen-bond acceptors (Lipinski definition) is 3. The van der Waals surface area contributed by atoms with E-state index in [1.807, 2.05) is 0 Å². The van der Waals surface area contributed by atoms with Crippen molar-refractivity contribution in [3.8, 4) is 0 Å². The molecule has 0 amide bonds. The molecule has 4 heteroatoms.